The molecule has 0 aliphatic heterocycles. The molecular formula is C14H20N2O3S. The van der Waals surface area contributed by atoms with Crippen LogP contribution in [0.1, 0.15) is 42.8 Å². The number of nitrogens with zero attached hydrogens (tertiary/aromatic N) is 2. The first-order valence-electron chi connectivity index (χ1n) is 6.97. The minimum Gasteiger partial charge on any atom is -0.481 e. The lowest BCUT2D eigenvalue weighted by atomic mass is 9.94. The number of hydrogen-bond donors (Lipinski definition) is 1. The van der Waals surface area contributed by atoms with E-state index in [4.69, 9.17) is 5.11 Å². The third kappa shape index (κ3) is 4.03. The van der Waals surface area contributed by atoms with Gasteiger partial charge in [0.25, 0.3) is 0 Å². The van der Waals surface area contributed by atoms with E-state index in [1.54, 1.807) is 5.38 Å². The molecule has 20 heavy (non-hydrogen) atoms. The van der Waals surface area contributed by atoms with E-state index in [0.717, 1.165) is 12.8 Å². The van der Waals surface area contributed by atoms with Crippen molar-refractivity contribution in [3.8, 4) is 0 Å². The van der Waals surface area contributed by atoms with Gasteiger partial charge in [-0.1, -0.05) is 19.3 Å². The average molecular weight is 296 g/mol. The molecule has 1 aromatic rings. The van der Waals surface area contributed by atoms with Gasteiger partial charge in [-0.25, -0.2) is 4.98 Å². The number of aromatic nitrogens is 1. The second-order valence-corrected chi connectivity index (χ2v) is 6.22. The van der Waals surface area contributed by atoms with Crippen LogP contribution in [0, 0.1) is 0 Å². The summed E-state index contributed by atoms with van der Waals surface area (Å²) in [7, 11) is 1.87. The number of carboxylic acids is 1. The fourth-order valence-electron chi connectivity index (χ4n) is 2.59. The zero-order valence-corrected chi connectivity index (χ0v) is 12.5. The minimum absolute atomic E-state index is 0.0770. The van der Waals surface area contributed by atoms with E-state index in [-0.39, 0.29) is 18.7 Å². The fraction of sp³-hybridized carbons (Fsp3) is 0.643. The molecule has 6 heteroatoms. The van der Waals surface area contributed by atoms with Gasteiger partial charge in [0.05, 0.1) is 18.5 Å². The summed E-state index contributed by atoms with van der Waals surface area (Å²) in [5, 5.41) is 11.1. The quantitative estimate of drug-likeness (QED) is 0.903. The third-order valence-corrected chi connectivity index (χ3v) is 4.65. The Morgan fingerprint density at radius 2 is 2.05 bits per heavy atom. The SMILES string of the molecule is CN(C(=O)Cc1nc(CC(=O)O)cs1)C1CCCCC1. The standard InChI is InChI=1S/C14H20N2O3S/c1-16(11-5-3-2-4-6-11)13(17)8-12-15-10(9-20-12)7-14(18)19/h9,11H,2-8H2,1H3,(H,18,19). The molecular weight excluding hydrogens is 276 g/mol. The van der Waals surface area contributed by atoms with Crippen LogP contribution in [0.25, 0.3) is 0 Å². The highest BCUT2D eigenvalue weighted by molar-refractivity contribution is 7.09. The number of likely N-dealkylation sites (N-methyl/N-ethyl adjacent to an activating group) is 1. The summed E-state index contributed by atoms with van der Waals surface area (Å²) in [4.78, 5) is 28.9. The lowest BCUT2D eigenvalue weighted by Crippen LogP contribution is -2.39. The summed E-state index contributed by atoms with van der Waals surface area (Å²) in [6.07, 6.45) is 6.03. The van der Waals surface area contributed by atoms with Crippen molar-refractivity contribution < 1.29 is 14.7 Å². The van der Waals surface area contributed by atoms with Crippen molar-refractivity contribution in [2.75, 3.05) is 7.05 Å². The molecule has 1 aromatic heterocycles. The topological polar surface area (TPSA) is 70.5 Å². The Balaban J connectivity index is 1.89. The summed E-state index contributed by atoms with van der Waals surface area (Å²) in [6, 6.07) is 0.356. The van der Waals surface area contributed by atoms with Gasteiger partial charge < -0.3 is 10.0 Å². The van der Waals surface area contributed by atoms with Crippen molar-refractivity contribution in [3.63, 3.8) is 0 Å². The van der Waals surface area contributed by atoms with Crippen molar-refractivity contribution in [1.82, 2.24) is 9.88 Å². The summed E-state index contributed by atoms with van der Waals surface area (Å²) in [6.45, 7) is 0. The number of thiazole rings is 1. The smallest absolute Gasteiger partial charge is 0.309 e. The predicted octanol–water partition coefficient (Wildman–Crippen LogP) is 2.10. The van der Waals surface area contributed by atoms with Crippen LogP contribution in [0.3, 0.4) is 0 Å². The highest BCUT2D eigenvalue weighted by Gasteiger charge is 2.22. The molecule has 1 heterocycles. The van der Waals surface area contributed by atoms with Crippen molar-refractivity contribution in [1.29, 1.82) is 0 Å². The highest BCUT2D eigenvalue weighted by Crippen LogP contribution is 2.22. The second kappa shape index (κ2) is 6.83. The average Bonchev–Trinajstić information content (AvgIpc) is 2.85. The lowest BCUT2D eigenvalue weighted by molar-refractivity contribution is -0.136. The van der Waals surface area contributed by atoms with Gasteiger partial charge in [-0.3, -0.25) is 9.59 Å². The number of amides is 1. The van der Waals surface area contributed by atoms with Gasteiger partial charge in [-0.2, -0.15) is 0 Å². The summed E-state index contributed by atoms with van der Waals surface area (Å²) in [5.74, 6) is -0.819. The van der Waals surface area contributed by atoms with Crippen LogP contribution in [-0.4, -0.2) is 40.0 Å². The summed E-state index contributed by atoms with van der Waals surface area (Å²) >= 11 is 1.36. The molecule has 1 amide bonds. The molecule has 2 rings (SSSR count). The van der Waals surface area contributed by atoms with Gasteiger partial charge >= 0.3 is 5.97 Å². The van der Waals surface area contributed by atoms with E-state index in [2.05, 4.69) is 4.98 Å². The maximum atomic E-state index is 12.2. The van der Waals surface area contributed by atoms with Gasteiger partial charge in [0.15, 0.2) is 0 Å². The molecule has 0 unspecified atom stereocenters. The van der Waals surface area contributed by atoms with Gasteiger partial charge in [0.1, 0.15) is 5.01 Å². The zero-order valence-electron chi connectivity index (χ0n) is 11.7. The normalized spacial score (nSPS) is 16.1. The van der Waals surface area contributed by atoms with Crippen LogP contribution >= 0.6 is 11.3 Å². The second-order valence-electron chi connectivity index (χ2n) is 5.28. The molecule has 1 saturated carbocycles. The first-order chi connectivity index (χ1) is 9.56. The first-order valence-corrected chi connectivity index (χ1v) is 7.85. The van der Waals surface area contributed by atoms with Crippen molar-refractivity contribution in [2.45, 2.75) is 51.0 Å². The largest absolute Gasteiger partial charge is 0.481 e. The lowest BCUT2D eigenvalue weighted by Gasteiger charge is -2.31. The molecule has 110 valence electrons. The Labute approximate surface area is 122 Å². The molecule has 0 saturated heterocycles. The Kier molecular flexibility index (Phi) is 5.11. The van der Waals surface area contributed by atoms with Crippen molar-refractivity contribution in [3.05, 3.63) is 16.1 Å². The number of carboxylic acid groups (broad SMARTS) is 1. The first kappa shape index (κ1) is 15.0. The molecule has 0 spiro atoms. The van der Waals surface area contributed by atoms with Crippen LogP contribution in [0.5, 0.6) is 0 Å². The molecule has 1 N–H and O–H groups in total. The Hall–Kier alpha value is -1.43. The van der Waals surface area contributed by atoms with Crippen LogP contribution < -0.4 is 0 Å². The third-order valence-electron chi connectivity index (χ3n) is 3.75. The molecule has 1 fully saturated rings. The molecule has 0 bridgehead atoms. The molecule has 1 aliphatic carbocycles. The molecule has 0 aromatic carbocycles. The maximum absolute atomic E-state index is 12.2. The van der Waals surface area contributed by atoms with E-state index in [0.29, 0.717) is 16.7 Å². The number of rotatable bonds is 5. The van der Waals surface area contributed by atoms with Crippen LogP contribution in [0.4, 0.5) is 0 Å². The van der Waals surface area contributed by atoms with Crippen molar-refractivity contribution in [2.24, 2.45) is 0 Å². The van der Waals surface area contributed by atoms with Gasteiger partial charge in [-0.15, -0.1) is 11.3 Å². The maximum Gasteiger partial charge on any atom is 0.309 e. The Morgan fingerprint density at radius 3 is 2.70 bits per heavy atom. The fourth-order valence-corrected chi connectivity index (χ4v) is 3.38. The van der Waals surface area contributed by atoms with Crippen LogP contribution in [0.15, 0.2) is 5.38 Å². The van der Waals surface area contributed by atoms with Crippen LogP contribution in [0.2, 0.25) is 0 Å². The van der Waals surface area contributed by atoms with E-state index >= 15 is 0 Å². The van der Waals surface area contributed by atoms with Crippen LogP contribution in [-0.2, 0) is 22.4 Å². The summed E-state index contributed by atoms with van der Waals surface area (Å²) in [5.41, 5.74) is 0.533. The monoisotopic (exact) mass is 296 g/mol. The Bertz CT molecular complexity index is 481. The minimum atomic E-state index is -0.896. The molecule has 5 nitrogen and oxygen atoms in total. The zero-order chi connectivity index (χ0) is 14.5. The number of hydrogen-bond acceptors (Lipinski definition) is 4. The van der Waals surface area contributed by atoms with Gasteiger partial charge in [0.2, 0.25) is 5.91 Å². The number of aliphatic carboxylic acids is 1. The molecule has 1 aliphatic rings. The predicted molar refractivity (Wildman–Crippen MR) is 76.8 cm³/mol. The highest BCUT2D eigenvalue weighted by atomic mass is 32.1. The van der Waals surface area contributed by atoms with E-state index in [1.165, 1.54) is 30.6 Å². The Morgan fingerprint density at radius 1 is 1.35 bits per heavy atom. The van der Waals surface area contributed by atoms with E-state index in [9.17, 15) is 9.59 Å². The van der Waals surface area contributed by atoms with Gasteiger partial charge in [-0.05, 0) is 12.8 Å². The van der Waals surface area contributed by atoms with E-state index < -0.39 is 5.97 Å². The number of carbonyl (C=O) groups excluding carboxylic acids is 1. The molecule has 0 atom stereocenters. The van der Waals surface area contributed by atoms with Gasteiger partial charge in [0, 0.05) is 18.5 Å². The summed E-state index contributed by atoms with van der Waals surface area (Å²) < 4.78 is 0. The molecule has 0 radical (unpaired) electrons. The van der Waals surface area contributed by atoms with E-state index in [1.807, 2.05) is 11.9 Å². The van der Waals surface area contributed by atoms with Crippen molar-refractivity contribution >= 4 is 23.2 Å². The number of carbonyl (C=O) groups is 2.